The van der Waals surface area contributed by atoms with Gasteiger partial charge in [-0.3, -0.25) is 4.98 Å². The van der Waals surface area contributed by atoms with Crippen LogP contribution in [-0.4, -0.2) is 9.97 Å². The molecule has 4 heteroatoms. The van der Waals surface area contributed by atoms with Crippen molar-refractivity contribution in [3.8, 4) is 11.6 Å². The van der Waals surface area contributed by atoms with Crippen molar-refractivity contribution in [2.45, 2.75) is 6.54 Å². The van der Waals surface area contributed by atoms with Gasteiger partial charge in [0, 0.05) is 18.8 Å². The van der Waals surface area contributed by atoms with Gasteiger partial charge in [-0.15, -0.1) is 0 Å². The van der Waals surface area contributed by atoms with Crippen molar-refractivity contribution in [3.63, 3.8) is 0 Å². The number of nitrogens with zero attached hydrogens (tertiary/aromatic N) is 2. The van der Waals surface area contributed by atoms with Crippen LogP contribution in [-0.2, 0) is 6.54 Å². The van der Waals surface area contributed by atoms with Gasteiger partial charge in [-0.05, 0) is 18.2 Å². The van der Waals surface area contributed by atoms with E-state index < -0.39 is 0 Å². The van der Waals surface area contributed by atoms with E-state index in [1.807, 2.05) is 24.3 Å². The molecule has 76 valence electrons. The third kappa shape index (κ3) is 2.51. The van der Waals surface area contributed by atoms with Gasteiger partial charge in [-0.1, -0.05) is 6.07 Å². The highest BCUT2D eigenvalue weighted by Crippen LogP contribution is 2.17. The first kappa shape index (κ1) is 9.61. The van der Waals surface area contributed by atoms with Crippen molar-refractivity contribution in [2.24, 2.45) is 5.73 Å². The molecule has 2 N–H and O–H groups in total. The van der Waals surface area contributed by atoms with Crippen LogP contribution in [0.15, 0.2) is 42.7 Å². The fourth-order valence-corrected chi connectivity index (χ4v) is 1.16. The second-order valence-corrected chi connectivity index (χ2v) is 2.96. The molecule has 2 aromatic heterocycles. The SMILES string of the molecule is NCc1cccc(Oc2cccnc2)n1. The Morgan fingerprint density at radius 1 is 1.20 bits per heavy atom. The molecule has 2 heterocycles. The average Bonchev–Trinajstić information content (AvgIpc) is 2.31. The Kier molecular flexibility index (Phi) is 2.90. The lowest BCUT2D eigenvalue weighted by Gasteiger charge is -2.04. The summed E-state index contributed by atoms with van der Waals surface area (Å²) < 4.78 is 5.49. The Labute approximate surface area is 87.7 Å². The van der Waals surface area contributed by atoms with Gasteiger partial charge in [-0.2, -0.15) is 0 Å². The number of ether oxygens (including phenoxy) is 1. The van der Waals surface area contributed by atoms with Crippen molar-refractivity contribution in [3.05, 3.63) is 48.4 Å². The fourth-order valence-electron chi connectivity index (χ4n) is 1.16. The van der Waals surface area contributed by atoms with Gasteiger partial charge in [0.1, 0.15) is 5.75 Å². The van der Waals surface area contributed by atoms with Crippen LogP contribution in [0.4, 0.5) is 0 Å². The zero-order valence-corrected chi connectivity index (χ0v) is 8.13. The summed E-state index contributed by atoms with van der Waals surface area (Å²) >= 11 is 0. The number of hydrogen-bond donors (Lipinski definition) is 1. The predicted molar refractivity (Wildman–Crippen MR) is 56.4 cm³/mol. The quantitative estimate of drug-likeness (QED) is 0.821. The maximum absolute atomic E-state index is 5.49. The molecule has 0 unspecified atom stereocenters. The summed E-state index contributed by atoms with van der Waals surface area (Å²) in [6.07, 6.45) is 3.33. The molecule has 2 rings (SSSR count). The lowest BCUT2D eigenvalue weighted by atomic mass is 10.3. The summed E-state index contributed by atoms with van der Waals surface area (Å²) in [6.45, 7) is 0.407. The fraction of sp³-hybridized carbons (Fsp3) is 0.0909. The van der Waals surface area contributed by atoms with Crippen LogP contribution < -0.4 is 10.5 Å². The van der Waals surface area contributed by atoms with E-state index in [1.54, 1.807) is 18.5 Å². The van der Waals surface area contributed by atoms with Crippen LogP contribution in [0, 0.1) is 0 Å². The normalized spacial score (nSPS) is 9.93. The van der Waals surface area contributed by atoms with Gasteiger partial charge in [0.15, 0.2) is 0 Å². The molecular weight excluding hydrogens is 190 g/mol. The van der Waals surface area contributed by atoms with Crippen LogP contribution in [0.1, 0.15) is 5.69 Å². The Morgan fingerprint density at radius 3 is 2.87 bits per heavy atom. The first-order valence-corrected chi connectivity index (χ1v) is 4.62. The van der Waals surface area contributed by atoms with Gasteiger partial charge < -0.3 is 10.5 Å². The summed E-state index contributed by atoms with van der Waals surface area (Å²) in [5.41, 5.74) is 6.28. The molecule has 4 nitrogen and oxygen atoms in total. The first-order chi connectivity index (χ1) is 7.38. The van der Waals surface area contributed by atoms with E-state index in [4.69, 9.17) is 10.5 Å². The van der Waals surface area contributed by atoms with E-state index in [2.05, 4.69) is 9.97 Å². The minimum atomic E-state index is 0.407. The lowest BCUT2D eigenvalue weighted by Crippen LogP contribution is -2.00. The van der Waals surface area contributed by atoms with Crippen molar-refractivity contribution < 1.29 is 4.74 Å². The van der Waals surface area contributed by atoms with E-state index in [0.29, 0.717) is 18.2 Å². The Bertz CT molecular complexity index is 431. The van der Waals surface area contributed by atoms with Crippen LogP contribution in [0.5, 0.6) is 11.6 Å². The lowest BCUT2D eigenvalue weighted by molar-refractivity contribution is 0.458. The highest BCUT2D eigenvalue weighted by molar-refractivity contribution is 5.24. The van der Waals surface area contributed by atoms with Crippen LogP contribution in [0.3, 0.4) is 0 Å². The first-order valence-electron chi connectivity index (χ1n) is 4.62. The van der Waals surface area contributed by atoms with Crippen LogP contribution in [0.2, 0.25) is 0 Å². The molecule has 0 saturated heterocycles. The number of aromatic nitrogens is 2. The number of rotatable bonds is 3. The minimum Gasteiger partial charge on any atom is -0.437 e. The number of nitrogens with two attached hydrogens (primary N) is 1. The minimum absolute atomic E-state index is 0.407. The number of pyridine rings is 2. The molecular formula is C11H11N3O. The molecule has 15 heavy (non-hydrogen) atoms. The summed E-state index contributed by atoms with van der Waals surface area (Å²) in [5, 5.41) is 0. The van der Waals surface area contributed by atoms with Crippen LogP contribution >= 0.6 is 0 Å². The molecule has 0 atom stereocenters. The molecule has 2 aromatic rings. The van der Waals surface area contributed by atoms with Crippen molar-refractivity contribution in [2.75, 3.05) is 0 Å². The summed E-state index contributed by atoms with van der Waals surface area (Å²) in [5.74, 6) is 1.20. The molecule has 0 aliphatic carbocycles. The largest absolute Gasteiger partial charge is 0.437 e. The zero-order valence-electron chi connectivity index (χ0n) is 8.13. The molecule has 0 spiro atoms. The monoisotopic (exact) mass is 201 g/mol. The van der Waals surface area contributed by atoms with E-state index >= 15 is 0 Å². The second-order valence-electron chi connectivity index (χ2n) is 2.96. The molecule has 0 aliphatic heterocycles. The van der Waals surface area contributed by atoms with Gasteiger partial charge in [-0.25, -0.2) is 4.98 Å². The van der Waals surface area contributed by atoms with Gasteiger partial charge in [0.2, 0.25) is 5.88 Å². The molecule has 0 aromatic carbocycles. The molecule has 0 fully saturated rings. The molecule has 0 amide bonds. The average molecular weight is 201 g/mol. The van der Waals surface area contributed by atoms with Crippen molar-refractivity contribution >= 4 is 0 Å². The maximum atomic E-state index is 5.49. The van der Waals surface area contributed by atoms with Crippen molar-refractivity contribution in [1.82, 2.24) is 9.97 Å². The van der Waals surface area contributed by atoms with E-state index in [9.17, 15) is 0 Å². The van der Waals surface area contributed by atoms with E-state index in [-0.39, 0.29) is 0 Å². The zero-order chi connectivity index (χ0) is 10.5. The van der Waals surface area contributed by atoms with Gasteiger partial charge >= 0.3 is 0 Å². The summed E-state index contributed by atoms with van der Waals surface area (Å²) in [7, 11) is 0. The topological polar surface area (TPSA) is 61.0 Å². The van der Waals surface area contributed by atoms with Crippen molar-refractivity contribution in [1.29, 1.82) is 0 Å². The highest BCUT2D eigenvalue weighted by atomic mass is 16.5. The highest BCUT2D eigenvalue weighted by Gasteiger charge is 1.98. The third-order valence-electron chi connectivity index (χ3n) is 1.85. The molecule has 0 radical (unpaired) electrons. The van der Waals surface area contributed by atoms with E-state index in [0.717, 1.165) is 5.69 Å². The van der Waals surface area contributed by atoms with Crippen LogP contribution in [0.25, 0.3) is 0 Å². The summed E-state index contributed by atoms with van der Waals surface area (Å²) in [4.78, 5) is 8.16. The second kappa shape index (κ2) is 4.52. The molecule has 0 saturated carbocycles. The third-order valence-corrected chi connectivity index (χ3v) is 1.85. The maximum Gasteiger partial charge on any atom is 0.219 e. The smallest absolute Gasteiger partial charge is 0.219 e. The van der Waals surface area contributed by atoms with Gasteiger partial charge in [0.25, 0.3) is 0 Å². The predicted octanol–water partition coefficient (Wildman–Crippen LogP) is 1.73. The Hall–Kier alpha value is -1.94. The molecule has 0 bridgehead atoms. The van der Waals surface area contributed by atoms with Gasteiger partial charge in [0.05, 0.1) is 11.9 Å². The standard InChI is InChI=1S/C11H11N3O/c12-7-9-3-1-5-11(14-9)15-10-4-2-6-13-8-10/h1-6,8H,7,12H2. The number of hydrogen-bond acceptors (Lipinski definition) is 4. The molecule has 0 aliphatic rings. The Morgan fingerprint density at radius 2 is 2.13 bits per heavy atom. The summed E-state index contributed by atoms with van der Waals surface area (Å²) in [6, 6.07) is 9.13. The van der Waals surface area contributed by atoms with E-state index in [1.165, 1.54) is 0 Å². The Balaban J connectivity index is 2.17.